The van der Waals surface area contributed by atoms with Crippen molar-refractivity contribution < 1.29 is 13.2 Å². The summed E-state index contributed by atoms with van der Waals surface area (Å²) >= 11 is 0. The van der Waals surface area contributed by atoms with E-state index in [0.717, 1.165) is 24.8 Å². The van der Waals surface area contributed by atoms with Crippen molar-refractivity contribution in [3.8, 4) is 0 Å². The van der Waals surface area contributed by atoms with Gasteiger partial charge in [0.05, 0.1) is 12.5 Å². The lowest BCUT2D eigenvalue weighted by Crippen LogP contribution is -2.43. The Kier molecular flexibility index (Phi) is 7.65. The second kappa shape index (κ2) is 8.80. The van der Waals surface area contributed by atoms with Gasteiger partial charge < -0.3 is 10.6 Å². The number of likely N-dealkylation sites (N-methyl/N-ethyl adjacent to an activating group) is 1. The molecule has 138 valence electrons. The van der Waals surface area contributed by atoms with Crippen molar-refractivity contribution in [3.05, 3.63) is 18.0 Å². The van der Waals surface area contributed by atoms with E-state index in [0.29, 0.717) is 6.54 Å². The van der Waals surface area contributed by atoms with Gasteiger partial charge in [0, 0.05) is 31.4 Å². The summed E-state index contributed by atoms with van der Waals surface area (Å²) in [4.78, 5) is 12.4. The molecular weight excluding hydrogens is 354 g/mol. The summed E-state index contributed by atoms with van der Waals surface area (Å²) in [5.74, 6) is -0.00872. The number of nitrogens with zero attached hydrogens (tertiary/aromatic N) is 2. The van der Waals surface area contributed by atoms with Gasteiger partial charge in [-0.25, -0.2) is 13.1 Å². The number of carbonyl (C=O) groups is 1. The number of halogens is 1. The first-order chi connectivity index (χ1) is 10.8. The summed E-state index contributed by atoms with van der Waals surface area (Å²) in [5, 5.41) is 9.98. The van der Waals surface area contributed by atoms with E-state index in [1.807, 2.05) is 0 Å². The average molecular weight is 380 g/mol. The molecule has 0 radical (unpaired) electrons. The predicted octanol–water partition coefficient (Wildman–Crippen LogP) is -0.0635. The highest BCUT2D eigenvalue weighted by atomic mass is 35.5. The lowest BCUT2D eigenvalue weighted by Gasteiger charge is -2.22. The molecule has 24 heavy (non-hydrogen) atoms. The molecule has 1 aromatic heterocycles. The van der Waals surface area contributed by atoms with Crippen LogP contribution in [0.15, 0.2) is 12.4 Å². The molecule has 1 fully saturated rings. The molecule has 1 aliphatic rings. The van der Waals surface area contributed by atoms with Crippen LogP contribution in [0.3, 0.4) is 0 Å². The molecule has 1 saturated carbocycles. The Morgan fingerprint density at radius 1 is 1.46 bits per heavy atom. The van der Waals surface area contributed by atoms with Crippen molar-refractivity contribution in [2.75, 3.05) is 19.8 Å². The molecule has 0 bridgehead atoms. The van der Waals surface area contributed by atoms with E-state index in [2.05, 4.69) is 20.5 Å². The van der Waals surface area contributed by atoms with Crippen molar-refractivity contribution in [1.82, 2.24) is 25.1 Å². The lowest BCUT2D eigenvalue weighted by molar-refractivity contribution is -0.123. The topological polar surface area (TPSA) is 105 Å². The molecule has 1 amide bonds. The Morgan fingerprint density at radius 2 is 2.17 bits per heavy atom. The van der Waals surface area contributed by atoms with Gasteiger partial charge in [0.1, 0.15) is 6.04 Å². The molecule has 1 heterocycles. The van der Waals surface area contributed by atoms with Gasteiger partial charge in [0.15, 0.2) is 0 Å². The van der Waals surface area contributed by atoms with Gasteiger partial charge in [0.2, 0.25) is 15.9 Å². The van der Waals surface area contributed by atoms with Crippen molar-refractivity contribution in [2.45, 2.75) is 31.3 Å². The Balaban J connectivity index is 0.00000288. The van der Waals surface area contributed by atoms with Crippen LogP contribution in [-0.4, -0.2) is 50.0 Å². The highest BCUT2D eigenvalue weighted by molar-refractivity contribution is 7.88. The van der Waals surface area contributed by atoms with Gasteiger partial charge in [-0.1, -0.05) is 6.42 Å². The van der Waals surface area contributed by atoms with E-state index in [9.17, 15) is 13.2 Å². The number of rotatable bonds is 7. The number of aromatic nitrogens is 2. The number of hydrogen-bond donors (Lipinski definition) is 3. The van der Waals surface area contributed by atoms with Crippen molar-refractivity contribution >= 4 is 28.3 Å². The van der Waals surface area contributed by atoms with Crippen molar-refractivity contribution in [3.63, 3.8) is 0 Å². The zero-order valence-corrected chi connectivity index (χ0v) is 15.8. The molecule has 10 heteroatoms. The first-order valence-electron chi connectivity index (χ1n) is 7.71. The number of sulfonamides is 1. The molecule has 0 aliphatic heterocycles. The second-order valence-corrected chi connectivity index (χ2v) is 7.88. The van der Waals surface area contributed by atoms with E-state index in [4.69, 9.17) is 0 Å². The number of carbonyl (C=O) groups excluding carboxylic acids is 1. The average Bonchev–Trinajstić information content (AvgIpc) is 3.05. The monoisotopic (exact) mass is 379 g/mol. The van der Waals surface area contributed by atoms with Crippen LogP contribution in [-0.2, 0) is 21.9 Å². The number of nitrogens with one attached hydrogen (secondary N) is 3. The first kappa shape index (κ1) is 20.9. The largest absolute Gasteiger partial charge is 0.354 e. The summed E-state index contributed by atoms with van der Waals surface area (Å²) in [5.41, 5.74) is 0.796. The molecule has 3 N–H and O–H groups in total. The third-order valence-electron chi connectivity index (χ3n) is 4.17. The van der Waals surface area contributed by atoms with Gasteiger partial charge in [-0.15, -0.1) is 12.4 Å². The Hall–Kier alpha value is -1.16. The fourth-order valence-corrected chi connectivity index (χ4v) is 3.94. The molecule has 3 atom stereocenters. The summed E-state index contributed by atoms with van der Waals surface area (Å²) in [7, 11) is 0.296. The summed E-state index contributed by atoms with van der Waals surface area (Å²) < 4.78 is 27.1. The van der Waals surface area contributed by atoms with E-state index >= 15 is 0 Å². The molecular formula is C14H26ClN5O3S. The van der Waals surface area contributed by atoms with E-state index in [1.54, 1.807) is 31.2 Å². The molecule has 3 unspecified atom stereocenters. The van der Waals surface area contributed by atoms with Crippen LogP contribution in [0.2, 0.25) is 0 Å². The predicted molar refractivity (Wildman–Crippen MR) is 94.4 cm³/mol. The Labute approximate surface area is 149 Å². The minimum atomic E-state index is -3.23. The molecule has 0 aromatic carbocycles. The van der Waals surface area contributed by atoms with Gasteiger partial charge >= 0.3 is 0 Å². The maximum atomic E-state index is 12.4. The van der Waals surface area contributed by atoms with E-state index in [1.165, 1.54) is 6.26 Å². The number of aryl methyl sites for hydroxylation is 1. The van der Waals surface area contributed by atoms with Crippen LogP contribution in [0.4, 0.5) is 0 Å². The maximum absolute atomic E-state index is 12.4. The summed E-state index contributed by atoms with van der Waals surface area (Å²) in [6.45, 7) is 0.463. The van der Waals surface area contributed by atoms with Crippen molar-refractivity contribution in [2.24, 2.45) is 13.0 Å². The van der Waals surface area contributed by atoms with Crippen LogP contribution in [0.5, 0.6) is 0 Å². The lowest BCUT2D eigenvalue weighted by atomic mass is 10.0. The zero-order chi connectivity index (χ0) is 17.0. The molecule has 0 spiro atoms. The molecule has 8 nitrogen and oxygen atoms in total. The fourth-order valence-electron chi connectivity index (χ4n) is 3.08. The quantitative estimate of drug-likeness (QED) is 0.615. The third kappa shape index (κ3) is 5.73. The normalized spacial score (nSPS) is 22.0. The van der Waals surface area contributed by atoms with E-state index < -0.39 is 16.1 Å². The molecule has 1 aromatic rings. The second-order valence-electron chi connectivity index (χ2n) is 6.10. The first-order valence-corrected chi connectivity index (χ1v) is 9.60. The van der Waals surface area contributed by atoms with Crippen LogP contribution in [0, 0.1) is 5.92 Å². The third-order valence-corrected chi connectivity index (χ3v) is 4.90. The minimum absolute atomic E-state index is 0. The highest BCUT2D eigenvalue weighted by Crippen LogP contribution is 2.25. The van der Waals surface area contributed by atoms with Crippen LogP contribution >= 0.6 is 12.4 Å². The summed E-state index contributed by atoms with van der Waals surface area (Å²) in [6.07, 6.45) is 7.30. The molecule has 2 rings (SSSR count). The minimum Gasteiger partial charge on any atom is -0.354 e. The zero-order valence-electron chi connectivity index (χ0n) is 14.2. The smallest absolute Gasteiger partial charge is 0.241 e. The fraction of sp³-hybridized carbons (Fsp3) is 0.714. The Bertz CT molecular complexity index is 649. The standard InChI is InChI=1S/C14H25N5O3S.ClH/c1-15-13(11-8-17-19(2)9-11)14(20)16-7-10-5-4-6-12(10)18-23(3,21)22;/h8-10,12-13,15,18H,4-7H2,1-3H3,(H,16,20);1H. The highest BCUT2D eigenvalue weighted by Gasteiger charge is 2.30. The van der Waals surface area contributed by atoms with Crippen LogP contribution in [0.1, 0.15) is 30.9 Å². The maximum Gasteiger partial charge on any atom is 0.241 e. The molecule has 0 saturated heterocycles. The van der Waals surface area contributed by atoms with Crippen molar-refractivity contribution in [1.29, 1.82) is 0 Å². The van der Waals surface area contributed by atoms with Gasteiger partial charge in [0.25, 0.3) is 0 Å². The van der Waals surface area contributed by atoms with Crippen LogP contribution < -0.4 is 15.4 Å². The number of amides is 1. The SMILES string of the molecule is CNC(C(=O)NCC1CCCC1NS(C)(=O)=O)c1cnn(C)c1.Cl. The van der Waals surface area contributed by atoms with Gasteiger partial charge in [-0.05, 0) is 25.8 Å². The van der Waals surface area contributed by atoms with Gasteiger partial charge in [-0.3, -0.25) is 9.48 Å². The number of hydrogen-bond acceptors (Lipinski definition) is 5. The Morgan fingerprint density at radius 3 is 2.71 bits per heavy atom. The van der Waals surface area contributed by atoms with Gasteiger partial charge in [-0.2, -0.15) is 5.10 Å². The van der Waals surface area contributed by atoms with Crippen LogP contribution in [0.25, 0.3) is 0 Å². The van der Waals surface area contributed by atoms with E-state index in [-0.39, 0.29) is 30.3 Å². The summed E-state index contributed by atoms with van der Waals surface area (Å²) in [6, 6.07) is -0.567. The molecule has 1 aliphatic carbocycles.